The lowest BCUT2D eigenvalue weighted by atomic mass is 10.1. The van der Waals surface area contributed by atoms with E-state index in [2.05, 4.69) is 22.4 Å². The Morgan fingerprint density at radius 2 is 2.36 bits per heavy atom. The first kappa shape index (κ1) is 16.6. The van der Waals surface area contributed by atoms with Gasteiger partial charge in [0.1, 0.15) is 5.82 Å². The fourth-order valence-electron chi connectivity index (χ4n) is 1.78. The third kappa shape index (κ3) is 5.23. The summed E-state index contributed by atoms with van der Waals surface area (Å²) >= 11 is 1.30. The quantitative estimate of drug-likeness (QED) is 0.477. The van der Waals surface area contributed by atoms with Crippen molar-refractivity contribution in [3.05, 3.63) is 35.1 Å². The van der Waals surface area contributed by atoms with E-state index in [4.69, 9.17) is 4.74 Å². The lowest BCUT2D eigenvalue weighted by molar-refractivity contribution is -0.116. The molecule has 2 rings (SSSR count). The van der Waals surface area contributed by atoms with Gasteiger partial charge in [0.2, 0.25) is 5.91 Å². The molecule has 0 unspecified atom stereocenters. The largest absolute Gasteiger partial charge is 0.377 e. The van der Waals surface area contributed by atoms with Crippen LogP contribution in [0.1, 0.15) is 30.9 Å². The number of halogens is 1. The molecular weight excluding hydrogens is 305 g/mol. The summed E-state index contributed by atoms with van der Waals surface area (Å²) in [6.07, 6.45) is 3.57. The SMILES string of the molecule is CCCCOCc1cc(F)ccc1C=NN=C1NC(=O)CS1. The molecule has 1 aliphatic heterocycles. The van der Waals surface area contributed by atoms with E-state index >= 15 is 0 Å². The summed E-state index contributed by atoms with van der Waals surface area (Å²) in [4.78, 5) is 11.0. The van der Waals surface area contributed by atoms with Gasteiger partial charge in [0.15, 0.2) is 5.17 Å². The Labute approximate surface area is 133 Å². The van der Waals surface area contributed by atoms with Crippen LogP contribution in [0.2, 0.25) is 0 Å². The summed E-state index contributed by atoms with van der Waals surface area (Å²) in [6, 6.07) is 4.45. The number of hydrogen-bond donors (Lipinski definition) is 1. The Kier molecular flexibility index (Phi) is 6.54. The number of amidine groups is 1. The molecule has 1 fully saturated rings. The number of nitrogens with one attached hydrogen (secondary N) is 1. The van der Waals surface area contributed by atoms with E-state index in [1.165, 1.54) is 30.1 Å². The van der Waals surface area contributed by atoms with Gasteiger partial charge in [-0.15, -0.1) is 5.10 Å². The van der Waals surface area contributed by atoms with Gasteiger partial charge in [-0.25, -0.2) is 4.39 Å². The number of carbonyl (C=O) groups excluding carboxylic acids is 1. The molecule has 0 radical (unpaired) electrons. The zero-order chi connectivity index (χ0) is 15.8. The molecule has 22 heavy (non-hydrogen) atoms. The molecule has 0 spiro atoms. The van der Waals surface area contributed by atoms with E-state index in [0.29, 0.717) is 24.1 Å². The number of nitrogens with zero attached hydrogens (tertiary/aromatic N) is 2. The molecule has 5 nitrogen and oxygen atoms in total. The van der Waals surface area contributed by atoms with E-state index in [9.17, 15) is 9.18 Å². The van der Waals surface area contributed by atoms with Crippen LogP contribution in [0.4, 0.5) is 4.39 Å². The van der Waals surface area contributed by atoms with Gasteiger partial charge in [-0.05, 0) is 24.1 Å². The van der Waals surface area contributed by atoms with Crippen molar-refractivity contribution < 1.29 is 13.9 Å². The average Bonchev–Trinajstić information content (AvgIpc) is 2.91. The molecule has 1 aromatic rings. The fourth-order valence-corrected chi connectivity index (χ4v) is 2.41. The van der Waals surface area contributed by atoms with Crippen LogP contribution in [0.15, 0.2) is 28.4 Å². The van der Waals surface area contributed by atoms with Crippen LogP contribution >= 0.6 is 11.8 Å². The zero-order valence-electron chi connectivity index (χ0n) is 12.3. The number of ether oxygens (including phenoxy) is 1. The Bertz CT molecular complexity index is 590. The predicted octanol–water partition coefficient (Wildman–Crippen LogP) is 2.70. The summed E-state index contributed by atoms with van der Waals surface area (Å²) in [5.41, 5.74) is 1.47. The summed E-state index contributed by atoms with van der Waals surface area (Å²) in [6.45, 7) is 3.07. The van der Waals surface area contributed by atoms with Crippen LogP contribution in [-0.2, 0) is 16.1 Å². The number of rotatable bonds is 7. The molecular formula is C15H18FN3O2S. The number of thioether (sulfide) groups is 1. The van der Waals surface area contributed by atoms with Crippen LogP contribution in [0, 0.1) is 5.82 Å². The van der Waals surface area contributed by atoms with Gasteiger partial charge in [-0.2, -0.15) is 5.10 Å². The highest BCUT2D eigenvalue weighted by Gasteiger charge is 2.15. The molecule has 0 aromatic heterocycles. The van der Waals surface area contributed by atoms with Crippen LogP contribution in [0.3, 0.4) is 0 Å². The van der Waals surface area contributed by atoms with Crippen LogP contribution < -0.4 is 5.32 Å². The molecule has 0 saturated carbocycles. The minimum absolute atomic E-state index is 0.0780. The minimum Gasteiger partial charge on any atom is -0.377 e. The van der Waals surface area contributed by atoms with Crippen molar-refractivity contribution in [1.82, 2.24) is 5.32 Å². The van der Waals surface area contributed by atoms with Crippen molar-refractivity contribution in [3.63, 3.8) is 0 Å². The molecule has 1 N–H and O–H groups in total. The molecule has 7 heteroatoms. The Balaban J connectivity index is 2.01. The second-order valence-electron chi connectivity index (χ2n) is 4.74. The van der Waals surface area contributed by atoms with Crippen molar-refractivity contribution in [2.24, 2.45) is 10.2 Å². The fraction of sp³-hybridized carbons (Fsp3) is 0.400. The Hall–Kier alpha value is -1.73. The average molecular weight is 323 g/mol. The number of carbonyl (C=O) groups is 1. The molecule has 1 amide bonds. The summed E-state index contributed by atoms with van der Waals surface area (Å²) in [5.74, 6) is -0.0246. The Morgan fingerprint density at radius 1 is 1.50 bits per heavy atom. The maximum Gasteiger partial charge on any atom is 0.236 e. The van der Waals surface area contributed by atoms with E-state index in [0.717, 1.165) is 24.0 Å². The Morgan fingerprint density at radius 3 is 3.09 bits per heavy atom. The normalized spacial score (nSPS) is 16.6. The van der Waals surface area contributed by atoms with Gasteiger partial charge < -0.3 is 10.1 Å². The van der Waals surface area contributed by atoms with Crippen molar-refractivity contribution in [1.29, 1.82) is 0 Å². The first-order valence-corrected chi connectivity index (χ1v) is 8.07. The molecule has 1 saturated heterocycles. The van der Waals surface area contributed by atoms with Crippen molar-refractivity contribution in [2.45, 2.75) is 26.4 Å². The second kappa shape index (κ2) is 8.65. The van der Waals surface area contributed by atoms with Crippen molar-refractivity contribution >= 4 is 29.1 Å². The third-order valence-corrected chi connectivity index (χ3v) is 3.80. The number of amides is 1. The smallest absolute Gasteiger partial charge is 0.236 e. The monoisotopic (exact) mass is 323 g/mol. The van der Waals surface area contributed by atoms with Crippen molar-refractivity contribution in [2.75, 3.05) is 12.4 Å². The molecule has 0 bridgehead atoms. The highest BCUT2D eigenvalue weighted by molar-refractivity contribution is 8.15. The number of benzene rings is 1. The maximum atomic E-state index is 13.4. The van der Waals surface area contributed by atoms with Gasteiger partial charge in [-0.3, -0.25) is 4.79 Å². The second-order valence-corrected chi connectivity index (χ2v) is 5.70. The molecule has 1 aliphatic rings. The molecule has 0 atom stereocenters. The maximum absolute atomic E-state index is 13.4. The number of hydrogen-bond acceptors (Lipinski definition) is 5. The molecule has 118 valence electrons. The van der Waals surface area contributed by atoms with E-state index in [1.807, 2.05) is 0 Å². The lowest BCUT2D eigenvalue weighted by Crippen LogP contribution is -2.19. The van der Waals surface area contributed by atoms with E-state index < -0.39 is 0 Å². The molecule has 1 heterocycles. The van der Waals surface area contributed by atoms with Crippen LogP contribution in [0.25, 0.3) is 0 Å². The predicted molar refractivity (Wildman–Crippen MR) is 86.6 cm³/mol. The summed E-state index contributed by atoms with van der Waals surface area (Å²) in [7, 11) is 0. The minimum atomic E-state index is -0.309. The van der Waals surface area contributed by atoms with Gasteiger partial charge in [0, 0.05) is 12.2 Å². The molecule has 1 aromatic carbocycles. The highest BCUT2D eigenvalue weighted by atomic mass is 32.2. The van der Waals surface area contributed by atoms with Gasteiger partial charge in [0.25, 0.3) is 0 Å². The first-order chi connectivity index (χ1) is 10.7. The summed E-state index contributed by atoms with van der Waals surface area (Å²) in [5, 5.41) is 10.9. The van der Waals surface area contributed by atoms with Crippen LogP contribution in [-0.4, -0.2) is 29.6 Å². The van der Waals surface area contributed by atoms with Gasteiger partial charge in [0.05, 0.1) is 18.6 Å². The van der Waals surface area contributed by atoms with Crippen molar-refractivity contribution in [3.8, 4) is 0 Å². The van der Waals surface area contributed by atoms with E-state index in [-0.39, 0.29) is 11.7 Å². The topological polar surface area (TPSA) is 63.1 Å². The summed E-state index contributed by atoms with van der Waals surface area (Å²) < 4.78 is 18.9. The standard InChI is InChI=1S/C15H18FN3O2S/c1-2-3-6-21-9-12-7-13(16)5-4-11(12)8-17-19-15-18-14(20)10-22-15/h4-5,7-8H,2-3,6,9-10H2,1H3,(H,18,19,20). The van der Waals surface area contributed by atoms with E-state index in [1.54, 1.807) is 6.07 Å². The zero-order valence-corrected chi connectivity index (χ0v) is 13.2. The number of unbranched alkanes of at least 4 members (excludes halogenated alkanes) is 1. The van der Waals surface area contributed by atoms with Gasteiger partial charge >= 0.3 is 0 Å². The third-order valence-electron chi connectivity index (χ3n) is 2.94. The lowest BCUT2D eigenvalue weighted by Gasteiger charge is -2.07. The molecule has 0 aliphatic carbocycles. The van der Waals surface area contributed by atoms with Gasteiger partial charge in [-0.1, -0.05) is 31.2 Å². The highest BCUT2D eigenvalue weighted by Crippen LogP contribution is 2.12. The van der Waals surface area contributed by atoms with Crippen LogP contribution in [0.5, 0.6) is 0 Å². The first-order valence-electron chi connectivity index (χ1n) is 7.09.